The zero-order valence-corrected chi connectivity index (χ0v) is 7.56. The Hall–Kier alpha value is 0.430. The Morgan fingerprint density at radius 1 is 1.12 bits per heavy atom. The van der Waals surface area contributed by atoms with Crippen molar-refractivity contribution in [3.8, 4) is 0 Å². The van der Waals surface area contributed by atoms with Gasteiger partial charge in [-0.1, -0.05) is 33.6 Å². The van der Waals surface area contributed by atoms with Crippen molar-refractivity contribution < 1.29 is 0 Å². The third kappa shape index (κ3) is 16.1. The van der Waals surface area contributed by atoms with Gasteiger partial charge in [0.25, 0.3) is 0 Å². The molecule has 0 fully saturated rings. The van der Waals surface area contributed by atoms with Gasteiger partial charge in [-0.25, -0.2) is 0 Å². The maximum atomic E-state index is 2.73. The van der Waals surface area contributed by atoms with Crippen molar-refractivity contribution in [2.24, 2.45) is 0 Å². The van der Waals surface area contributed by atoms with E-state index in [0.29, 0.717) is 0 Å². The molecule has 0 aromatic heterocycles. The van der Waals surface area contributed by atoms with E-state index in [4.69, 9.17) is 0 Å². The summed E-state index contributed by atoms with van der Waals surface area (Å²) >= 11 is 0. The van der Waals surface area contributed by atoms with Crippen LogP contribution in [0.2, 0.25) is 0 Å². The number of rotatable bonds is 3. The van der Waals surface area contributed by atoms with Crippen LogP contribution in [0.4, 0.5) is 0 Å². The van der Waals surface area contributed by atoms with Crippen LogP contribution < -0.4 is 0 Å². The molecule has 0 heterocycles. The quantitative estimate of drug-likeness (QED) is 0.411. The minimum absolute atomic E-state index is 1.27. The van der Waals surface area contributed by atoms with Crippen LogP contribution in [0.3, 0.4) is 0 Å². The van der Waals surface area contributed by atoms with Crippen LogP contribution in [-0.4, -0.2) is 6.16 Å². The highest BCUT2D eigenvalue weighted by atomic mass is 31.0. The summed E-state index contributed by atoms with van der Waals surface area (Å²) in [5.41, 5.74) is 0. The SMILES string of the molecule is CC.CCCCCP. The molecule has 1 heteroatoms. The Balaban J connectivity index is 0. The zero-order chi connectivity index (χ0) is 6.83. The van der Waals surface area contributed by atoms with Gasteiger partial charge in [0.05, 0.1) is 0 Å². The summed E-state index contributed by atoms with van der Waals surface area (Å²) < 4.78 is 0. The van der Waals surface area contributed by atoms with E-state index < -0.39 is 0 Å². The van der Waals surface area contributed by atoms with E-state index in [1.165, 1.54) is 25.4 Å². The zero-order valence-electron chi connectivity index (χ0n) is 6.41. The van der Waals surface area contributed by atoms with Crippen molar-refractivity contribution in [1.29, 1.82) is 0 Å². The molecule has 0 aliphatic rings. The van der Waals surface area contributed by atoms with Crippen LogP contribution in [-0.2, 0) is 0 Å². The third-order valence-electron chi connectivity index (χ3n) is 0.808. The van der Waals surface area contributed by atoms with Gasteiger partial charge in [0, 0.05) is 0 Å². The van der Waals surface area contributed by atoms with Gasteiger partial charge in [-0.15, -0.1) is 9.24 Å². The average Bonchev–Trinajstić information content (AvgIpc) is 1.88. The molecule has 0 radical (unpaired) electrons. The molecular weight excluding hydrogens is 115 g/mol. The van der Waals surface area contributed by atoms with Crippen molar-refractivity contribution >= 4 is 9.24 Å². The first-order valence-electron chi connectivity index (χ1n) is 3.62. The van der Waals surface area contributed by atoms with E-state index >= 15 is 0 Å². The van der Waals surface area contributed by atoms with E-state index in [-0.39, 0.29) is 0 Å². The number of unbranched alkanes of at least 4 members (excludes halogenated alkanes) is 2. The van der Waals surface area contributed by atoms with Crippen LogP contribution in [0.1, 0.15) is 40.0 Å². The largest absolute Gasteiger partial charge is 0.138 e. The summed E-state index contributed by atoms with van der Waals surface area (Å²) in [6.45, 7) is 6.22. The monoisotopic (exact) mass is 134 g/mol. The van der Waals surface area contributed by atoms with Gasteiger partial charge in [0.15, 0.2) is 0 Å². The lowest BCUT2D eigenvalue weighted by Gasteiger charge is -1.86. The first-order chi connectivity index (χ1) is 3.91. The van der Waals surface area contributed by atoms with Gasteiger partial charge in [0.2, 0.25) is 0 Å². The van der Waals surface area contributed by atoms with E-state index in [9.17, 15) is 0 Å². The van der Waals surface area contributed by atoms with Gasteiger partial charge >= 0.3 is 0 Å². The lowest BCUT2D eigenvalue weighted by Crippen LogP contribution is -1.70. The van der Waals surface area contributed by atoms with Crippen LogP contribution in [0, 0.1) is 0 Å². The molecule has 0 spiro atoms. The lowest BCUT2D eigenvalue weighted by molar-refractivity contribution is 0.779. The summed E-state index contributed by atoms with van der Waals surface area (Å²) in [5.74, 6) is 0. The summed E-state index contributed by atoms with van der Waals surface area (Å²) in [7, 11) is 2.73. The molecule has 0 N–H and O–H groups in total. The van der Waals surface area contributed by atoms with Crippen molar-refractivity contribution in [3.63, 3.8) is 0 Å². The second kappa shape index (κ2) is 15.7. The molecule has 0 aromatic rings. The molecular formula is C7H19P. The van der Waals surface area contributed by atoms with Gasteiger partial charge in [-0.2, -0.15) is 0 Å². The normalized spacial score (nSPS) is 7.50. The molecule has 0 saturated carbocycles. The Morgan fingerprint density at radius 3 is 1.75 bits per heavy atom. The van der Waals surface area contributed by atoms with Gasteiger partial charge in [-0.05, 0) is 12.6 Å². The highest BCUT2D eigenvalue weighted by Gasteiger charge is 1.75. The first kappa shape index (κ1) is 11.3. The smallest absolute Gasteiger partial charge is 0.0381 e. The Bertz CT molecular complexity index is 16.3. The maximum Gasteiger partial charge on any atom is -0.0381 e. The molecule has 8 heavy (non-hydrogen) atoms. The maximum absolute atomic E-state index is 2.73. The van der Waals surface area contributed by atoms with Crippen LogP contribution in [0.5, 0.6) is 0 Å². The topological polar surface area (TPSA) is 0 Å². The molecule has 0 nitrogen and oxygen atoms in total. The third-order valence-corrected chi connectivity index (χ3v) is 1.22. The minimum atomic E-state index is 1.27. The van der Waals surface area contributed by atoms with E-state index in [0.717, 1.165) is 0 Å². The predicted molar refractivity (Wildman–Crippen MR) is 45.5 cm³/mol. The molecule has 52 valence electrons. The standard InChI is InChI=1S/C5H13P.C2H6/c1-2-3-4-5-6;1-2/h2-6H2,1H3;1-2H3. The number of hydrogen-bond acceptors (Lipinski definition) is 0. The summed E-state index contributed by atoms with van der Waals surface area (Å²) in [5, 5.41) is 0. The molecule has 0 bridgehead atoms. The average molecular weight is 134 g/mol. The molecule has 1 atom stereocenters. The summed E-state index contributed by atoms with van der Waals surface area (Å²) in [6, 6.07) is 0. The Morgan fingerprint density at radius 2 is 1.62 bits per heavy atom. The Kier molecular flexibility index (Phi) is 22.0. The molecule has 0 aliphatic carbocycles. The van der Waals surface area contributed by atoms with E-state index in [1.54, 1.807) is 0 Å². The van der Waals surface area contributed by atoms with E-state index in [1.807, 2.05) is 13.8 Å². The second-order valence-corrected chi connectivity index (χ2v) is 2.07. The van der Waals surface area contributed by atoms with Crippen molar-refractivity contribution in [1.82, 2.24) is 0 Å². The molecule has 0 saturated heterocycles. The summed E-state index contributed by atoms with van der Waals surface area (Å²) in [6.07, 6.45) is 5.38. The summed E-state index contributed by atoms with van der Waals surface area (Å²) in [4.78, 5) is 0. The van der Waals surface area contributed by atoms with Crippen LogP contribution in [0.15, 0.2) is 0 Å². The Labute approximate surface area is 56.3 Å². The molecule has 0 aromatic carbocycles. The highest BCUT2D eigenvalue weighted by Crippen LogP contribution is 1.95. The fourth-order valence-corrected chi connectivity index (χ4v) is 0.683. The molecule has 0 rings (SSSR count). The highest BCUT2D eigenvalue weighted by molar-refractivity contribution is 7.16. The van der Waals surface area contributed by atoms with Crippen molar-refractivity contribution in [2.45, 2.75) is 40.0 Å². The van der Waals surface area contributed by atoms with Gasteiger partial charge in [0.1, 0.15) is 0 Å². The van der Waals surface area contributed by atoms with Crippen molar-refractivity contribution in [3.05, 3.63) is 0 Å². The lowest BCUT2D eigenvalue weighted by atomic mass is 10.3. The van der Waals surface area contributed by atoms with Crippen molar-refractivity contribution in [2.75, 3.05) is 6.16 Å². The molecule has 0 amide bonds. The fraction of sp³-hybridized carbons (Fsp3) is 1.00. The minimum Gasteiger partial charge on any atom is -0.138 e. The molecule has 0 aliphatic heterocycles. The van der Waals surface area contributed by atoms with Gasteiger partial charge < -0.3 is 0 Å². The van der Waals surface area contributed by atoms with E-state index in [2.05, 4.69) is 16.2 Å². The van der Waals surface area contributed by atoms with Gasteiger partial charge in [-0.3, -0.25) is 0 Å². The predicted octanol–water partition coefficient (Wildman–Crippen LogP) is 3.08. The fourth-order valence-electron chi connectivity index (χ4n) is 0.394. The number of hydrogen-bond donors (Lipinski definition) is 0. The van der Waals surface area contributed by atoms with Crippen LogP contribution >= 0.6 is 9.24 Å². The van der Waals surface area contributed by atoms with Crippen LogP contribution in [0.25, 0.3) is 0 Å². The second-order valence-electron chi connectivity index (χ2n) is 1.50. The first-order valence-corrected chi connectivity index (χ1v) is 4.43. The molecule has 1 unspecified atom stereocenters.